The zero-order chi connectivity index (χ0) is 11.5. The van der Waals surface area contributed by atoms with E-state index in [4.69, 9.17) is 14.7 Å². The Morgan fingerprint density at radius 1 is 1.25 bits per heavy atom. The normalized spacial score (nSPS) is 13.6. The minimum atomic E-state index is -2.61. The highest BCUT2D eigenvalue weighted by atomic mass is 19.3. The van der Waals surface area contributed by atoms with Gasteiger partial charge in [0.25, 0.3) is 6.43 Å². The first-order valence-electron chi connectivity index (χ1n) is 4.80. The van der Waals surface area contributed by atoms with Gasteiger partial charge in [0.15, 0.2) is 11.5 Å². The van der Waals surface area contributed by atoms with E-state index in [0.717, 1.165) is 0 Å². The molecule has 5 heteroatoms. The lowest BCUT2D eigenvalue weighted by atomic mass is 10.0. The van der Waals surface area contributed by atoms with Crippen LogP contribution < -0.4 is 9.47 Å². The van der Waals surface area contributed by atoms with Gasteiger partial charge in [0.1, 0.15) is 13.2 Å². The van der Waals surface area contributed by atoms with Crippen LogP contribution in [0.1, 0.15) is 17.6 Å². The molecule has 0 atom stereocenters. The Morgan fingerprint density at radius 2 is 1.88 bits per heavy atom. The number of rotatable bonds is 2. The van der Waals surface area contributed by atoms with Crippen molar-refractivity contribution in [3.05, 3.63) is 23.3 Å². The summed E-state index contributed by atoms with van der Waals surface area (Å²) in [5, 5.41) is 8.56. The lowest BCUT2D eigenvalue weighted by Gasteiger charge is -2.20. The highest BCUT2D eigenvalue weighted by Gasteiger charge is 2.20. The molecule has 0 saturated carbocycles. The van der Waals surface area contributed by atoms with E-state index in [1.807, 2.05) is 6.07 Å². The molecule has 0 aromatic heterocycles. The van der Waals surface area contributed by atoms with E-state index >= 15 is 0 Å². The second kappa shape index (κ2) is 4.35. The van der Waals surface area contributed by atoms with Gasteiger partial charge >= 0.3 is 0 Å². The third kappa shape index (κ3) is 1.91. The molecule has 1 heterocycles. The second-order valence-corrected chi connectivity index (χ2v) is 3.33. The van der Waals surface area contributed by atoms with Crippen molar-refractivity contribution in [3.8, 4) is 17.6 Å². The monoisotopic (exact) mass is 225 g/mol. The van der Waals surface area contributed by atoms with Crippen LogP contribution in [-0.2, 0) is 6.42 Å². The molecule has 1 aromatic rings. The van der Waals surface area contributed by atoms with E-state index < -0.39 is 6.43 Å². The fourth-order valence-electron chi connectivity index (χ4n) is 1.59. The molecule has 0 N–H and O–H groups in total. The highest BCUT2D eigenvalue weighted by molar-refractivity contribution is 5.49. The van der Waals surface area contributed by atoms with Gasteiger partial charge in [0, 0.05) is 5.56 Å². The Morgan fingerprint density at radius 3 is 2.44 bits per heavy atom. The largest absolute Gasteiger partial charge is 0.486 e. The average molecular weight is 225 g/mol. The Bertz CT molecular complexity index is 440. The molecule has 0 spiro atoms. The minimum absolute atomic E-state index is 0.0592. The van der Waals surface area contributed by atoms with Crippen molar-refractivity contribution in [1.29, 1.82) is 5.26 Å². The van der Waals surface area contributed by atoms with Crippen LogP contribution in [-0.4, -0.2) is 13.2 Å². The molecule has 0 bridgehead atoms. The number of benzene rings is 1. The average Bonchev–Trinajstić information content (AvgIpc) is 2.28. The number of nitrogens with zero attached hydrogens (tertiary/aromatic N) is 1. The summed E-state index contributed by atoms with van der Waals surface area (Å²) in [5.74, 6) is 0.754. The summed E-state index contributed by atoms with van der Waals surface area (Å²) in [4.78, 5) is 0. The zero-order valence-electron chi connectivity index (χ0n) is 8.37. The Hall–Kier alpha value is -1.83. The first-order valence-corrected chi connectivity index (χ1v) is 4.80. The molecule has 16 heavy (non-hydrogen) atoms. The summed E-state index contributed by atoms with van der Waals surface area (Å²) in [6, 6.07) is 4.57. The third-order valence-corrected chi connectivity index (χ3v) is 2.31. The standard InChI is InChI=1S/C11H9F2NO2/c12-11(13)8-6-10-9(15-3-4-16-10)5-7(8)1-2-14/h5-6,11H,1,3-4H2. The summed E-state index contributed by atoms with van der Waals surface area (Å²) in [5.41, 5.74) is 0.132. The fourth-order valence-corrected chi connectivity index (χ4v) is 1.59. The molecule has 1 aliphatic rings. The minimum Gasteiger partial charge on any atom is -0.486 e. The first kappa shape index (κ1) is 10.7. The molecular formula is C11H9F2NO2. The molecule has 1 aromatic carbocycles. The van der Waals surface area contributed by atoms with Crippen LogP contribution in [0.15, 0.2) is 12.1 Å². The first-order chi connectivity index (χ1) is 7.72. The van der Waals surface area contributed by atoms with Crippen LogP contribution in [0.2, 0.25) is 0 Å². The van der Waals surface area contributed by atoms with Gasteiger partial charge in [-0.2, -0.15) is 5.26 Å². The molecule has 2 rings (SSSR count). The van der Waals surface area contributed by atoms with Crippen molar-refractivity contribution in [2.45, 2.75) is 12.8 Å². The molecule has 3 nitrogen and oxygen atoms in total. The lowest BCUT2D eigenvalue weighted by molar-refractivity contribution is 0.146. The maximum Gasteiger partial charge on any atom is 0.264 e. The second-order valence-electron chi connectivity index (χ2n) is 3.33. The Balaban J connectivity index is 2.46. The molecule has 0 saturated heterocycles. The van der Waals surface area contributed by atoms with Gasteiger partial charge in [0.05, 0.1) is 12.5 Å². The van der Waals surface area contributed by atoms with E-state index in [1.165, 1.54) is 12.1 Å². The van der Waals surface area contributed by atoms with E-state index in [-0.39, 0.29) is 12.0 Å². The smallest absolute Gasteiger partial charge is 0.264 e. The molecule has 0 amide bonds. The van der Waals surface area contributed by atoms with Gasteiger partial charge < -0.3 is 9.47 Å². The quantitative estimate of drug-likeness (QED) is 0.776. The SMILES string of the molecule is N#CCc1cc2c(cc1C(F)F)OCCO2. The number of fused-ring (bicyclic) bond motifs is 1. The van der Waals surface area contributed by atoms with Crippen LogP contribution in [0.4, 0.5) is 8.78 Å². The molecule has 0 fully saturated rings. The van der Waals surface area contributed by atoms with Crippen LogP contribution in [0.3, 0.4) is 0 Å². The molecule has 0 unspecified atom stereocenters. The molecule has 0 aliphatic carbocycles. The van der Waals surface area contributed by atoms with E-state index in [2.05, 4.69) is 0 Å². The topological polar surface area (TPSA) is 42.2 Å². The third-order valence-electron chi connectivity index (χ3n) is 2.31. The number of halogens is 2. The number of nitriles is 1. The van der Waals surface area contributed by atoms with Crippen LogP contribution in [0, 0.1) is 11.3 Å². The van der Waals surface area contributed by atoms with E-state index in [1.54, 1.807) is 0 Å². The highest BCUT2D eigenvalue weighted by Crippen LogP contribution is 2.36. The van der Waals surface area contributed by atoms with E-state index in [9.17, 15) is 8.78 Å². The van der Waals surface area contributed by atoms with Crippen molar-refractivity contribution >= 4 is 0 Å². The number of hydrogen-bond donors (Lipinski definition) is 0. The predicted molar refractivity (Wildman–Crippen MR) is 51.7 cm³/mol. The predicted octanol–water partition coefficient (Wildman–Crippen LogP) is 2.46. The fraction of sp³-hybridized carbons (Fsp3) is 0.364. The number of hydrogen-bond acceptors (Lipinski definition) is 3. The van der Waals surface area contributed by atoms with Crippen molar-refractivity contribution in [2.75, 3.05) is 13.2 Å². The number of alkyl halides is 2. The van der Waals surface area contributed by atoms with Crippen molar-refractivity contribution in [3.63, 3.8) is 0 Å². The molecular weight excluding hydrogens is 216 g/mol. The zero-order valence-corrected chi connectivity index (χ0v) is 8.37. The van der Waals surface area contributed by atoms with Crippen LogP contribution in [0.5, 0.6) is 11.5 Å². The van der Waals surface area contributed by atoms with Crippen LogP contribution >= 0.6 is 0 Å². The van der Waals surface area contributed by atoms with Gasteiger partial charge in [-0.1, -0.05) is 0 Å². The van der Waals surface area contributed by atoms with Gasteiger partial charge in [-0.15, -0.1) is 0 Å². The Labute approximate surface area is 91.2 Å². The van der Waals surface area contributed by atoms with Crippen LogP contribution in [0.25, 0.3) is 0 Å². The van der Waals surface area contributed by atoms with Gasteiger partial charge in [-0.05, 0) is 17.7 Å². The summed E-state index contributed by atoms with van der Waals surface area (Å²) in [7, 11) is 0. The van der Waals surface area contributed by atoms with Crippen molar-refractivity contribution < 1.29 is 18.3 Å². The van der Waals surface area contributed by atoms with Gasteiger partial charge in [-0.3, -0.25) is 0 Å². The summed E-state index contributed by atoms with van der Waals surface area (Å²) in [6.45, 7) is 0.750. The van der Waals surface area contributed by atoms with Gasteiger partial charge in [0.2, 0.25) is 0 Å². The van der Waals surface area contributed by atoms with E-state index in [0.29, 0.717) is 30.3 Å². The maximum atomic E-state index is 12.7. The molecule has 1 aliphatic heterocycles. The number of ether oxygens (including phenoxy) is 2. The molecule has 0 radical (unpaired) electrons. The summed E-state index contributed by atoms with van der Waals surface area (Å²) >= 11 is 0. The van der Waals surface area contributed by atoms with Gasteiger partial charge in [-0.25, -0.2) is 8.78 Å². The molecule has 84 valence electrons. The lowest BCUT2D eigenvalue weighted by Crippen LogP contribution is -2.16. The van der Waals surface area contributed by atoms with Crippen molar-refractivity contribution in [1.82, 2.24) is 0 Å². The summed E-state index contributed by atoms with van der Waals surface area (Å²) in [6.07, 6.45) is -2.67. The Kier molecular flexibility index (Phi) is 2.91. The van der Waals surface area contributed by atoms with Crippen molar-refractivity contribution in [2.24, 2.45) is 0 Å². The summed E-state index contributed by atoms with van der Waals surface area (Å²) < 4.78 is 35.9. The maximum absolute atomic E-state index is 12.7.